The highest BCUT2D eigenvalue weighted by molar-refractivity contribution is 7.15. The van der Waals surface area contributed by atoms with Crippen molar-refractivity contribution >= 4 is 22.4 Å². The molecule has 190 valence electrons. The predicted octanol–water partition coefficient (Wildman–Crippen LogP) is 5.30. The Morgan fingerprint density at radius 2 is 1.95 bits per heavy atom. The number of hydrogen-bond acceptors (Lipinski definition) is 7. The van der Waals surface area contributed by atoms with Gasteiger partial charge in [-0.3, -0.25) is 4.79 Å². The van der Waals surface area contributed by atoms with Gasteiger partial charge in [-0.15, -0.1) is 5.10 Å². The Labute approximate surface area is 222 Å². The Morgan fingerprint density at radius 1 is 1.08 bits per heavy atom. The molecule has 0 atom stereocenters. The second-order valence-electron chi connectivity index (χ2n) is 8.91. The lowest BCUT2D eigenvalue weighted by molar-refractivity contribution is 0.309. The lowest BCUT2D eigenvalue weighted by Crippen LogP contribution is -2.23. The van der Waals surface area contributed by atoms with E-state index in [4.69, 9.17) is 14.3 Å². The molecule has 0 saturated heterocycles. The Balaban J connectivity index is 1.45. The molecule has 0 bridgehead atoms. The molecule has 2 aromatic carbocycles. The molecule has 4 aromatic heterocycles. The van der Waals surface area contributed by atoms with Crippen LogP contribution in [0.5, 0.6) is 5.75 Å². The number of aryl methyl sites for hydroxylation is 1. The van der Waals surface area contributed by atoms with Crippen molar-refractivity contribution in [3.63, 3.8) is 0 Å². The van der Waals surface area contributed by atoms with E-state index in [2.05, 4.69) is 17.0 Å². The summed E-state index contributed by atoms with van der Waals surface area (Å²) in [6.07, 6.45) is 7.46. The van der Waals surface area contributed by atoms with Gasteiger partial charge in [-0.25, -0.2) is 4.68 Å². The summed E-state index contributed by atoms with van der Waals surface area (Å²) in [4.78, 5) is 18.2. The summed E-state index contributed by atoms with van der Waals surface area (Å²) in [5.74, 6) is 1.75. The van der Waals surface area contributed by atoms with Crippen molar-refractivity contribution in [2.45, 2.75) is 26.7 Å². The highest BCUT2D eigenvalue weighted by Crippen LogP contribution is 2.30. The van der Waals surface area contributed by atoms with E-state index < -0.39 is 0 Å². The molecular formula is C29H25N5O3S. The minimum atomic E-state index is -0.231. The van der Waals surface area contributed by atoms with Crippen LogP contribution in [-0.4, -0.2) is 31.0 Å². The molecule has 0 aliphatic rings. The van der Waals surface area contributed by atoms with Gasteiger partial charge >= 0.3 is 0 Å². The number of ether oxygens (including phenoxy) is 1. The van der Waals surface area contributed by atoms with Crippen molar-refractivity contribution in [3.05, 3.63) is 99.1 Å². The molecule has 0 amide bonds. The molecular weight excluding hydrogens is 498 g/mol. The van der Waals surface area contributed by atoms with Crippen LogP contribution in [-0.2, 0) is 0 Å². The summed E-state index contributed by atoms with van der Waals surface area (Å²) >= 11 is 1.29. The number of furan rings is 1. The van der Waals surface area contributed by atoms with Crippen LogP contribution in [0.15, 0.2) is 82.3 Å². The molecule has 8 nitrogen and oxygen atoms in total. The maximum absolute atomic E-state index is 13.2. The second-order valence-corrected chi connectivity index (χ2v) is 9.92. The number of aromatic nitrogens is 5. The molecule has 0 saturated carbocycles. The van der Waals surface area contributed by atoms with Crippen molar-refractivity contribution in [2.75, 3.05) is 6.61 Å². The minimum absolute atomic E-state index is 0.231. The SMILES string of the molecule is CCCCOc1ccc(-c2nn(-c3ccccc3)cc2/C=c2\sc3nc(-c4ccco4)nn3c2=O)c(C)c1. The van der Waals surface area contributed by atoms with Gasteiger partial charge in [-0.2, -0.15) is 14.6 Å². The zero-order valence-corrected chi connectivity index (χ0v) is 21.8. The first kappa shape index (κ1) is 23.9. The molecule has 38 heavy (non-hydrogen) atoms. The van der Waals surface area contributed by atoms with Crippen molar-refractivity contribution in [3.8, 4) is 34.3 Å². The zero-order chi connectivity index (χ0) is 26.1. The summed E-state index contributed by atoms with van der Waals surface area (Å²) in [7, 11) is 0. The van der Waals surface area contributed by atoms with E-state index in [1.54, 1.807) is 18.4 Å². The van der Waals surface area contributed by atoms with Gasteiger partial charge in [0.1, 0.15) is 11.4 Å². The van der Waals surface area contributed by atoms with Gasteiger partial charge in [0, 0.05) is 17.3 Å². The lowest BCUT2D eigenvalue weighted by Gasteiger charge is -2.09. The number of hydrogen-bond donors (Lipinski definition) is 0. The van der Waals surface area contributed by atoms with Crippen molar-refractivity contribution in [1.29, 1.82) is 0 Å². The Morgan fingerprint density at radius 3 is 2.68 bits per heavy atom. The Kier molecular flexibility index (Phi) is 6.35. The predicted molar refractivity (Wildman–Crippen MR) is 148 cm³/mol. The van der Waals surface area contributed by atoms with Gasteiger partial charge in [-0.1, -0.05) is 42.9 Å². The Bertz CT molecular complexity index is 1820. The van der Waals surface area contributed by atoms with Gasteiger partial charge in [0.2, 0.25) is 10.8 Å². The second kappa shape index (κ2) is 10.1. The van der Waals surface area contributed by atoms with Crippen molar-refractivity contribution in [2.24, 2.45) is 0 Å². The number of fused-ring (bicyclic) bond motifs is 1. The molecule has 6 rings (SSSR count). The molecule has 0 aliphatic heterocycles. The fraction of sp³-hybridized carbons (Fsp3) is 0.172. The third-order valence-corrected chi connectivity index (χ3v) is 7.15. The van der Waals surface area contributed by atoms with Gasteiger partial charge in [-0.05, 0) is 67.4 Å². The molecule has 0 fully saturated rings. The van der Waals surface area contributed by atoms with Crippen molar-refractivity contribution in [1.82, 2.24) is 24.4 Å². The first-order valence-corrected chi connectivity index (χ1v) is 13.3. The quantitative estimate of drug-likeness (QED) is 0.252. The molecule has 4 heterocycles. The van der Waals surface area contributed by atoms with E-state index in [0.717, 1.165) is 46.7 Å². The van der Waals surface area contributed by atoms with Crippen molar-refractivity contribution < 1.29 is 9.15 Å². The van der Waals surface area contributed by atoms with Crippen LogP contribution in [0.3, 0.4) is 0 Å². The van der Waals surface area contributed by atoms with Crippen LogP contribution in [0.2, 0.25) is 0 Å². The van der Waals surface area contributed by atoms with E-state index in [1.807, 2.05) is 72.4 Å². The molecule has 0 radical (unpaired) electrons. The maximum Gasteiger partial charge on any atom is 0.291 e. The Hall–Kier alpha value is -4.50. The first-order chi connectivity index (χ1) is 18.6. The number of benzene rings is 2. The fourth-order valence-electron chi connectivity index (χ4n) is 4.23. The van der Waals surface area contributed by atoms with Crippen LogP contribution in [0.1, 0.15) is 30.9 Å². The molecule has 0 N–H and O–H groups in total. The van der Waals surface area contributed by atoms with Crippen LogP contribution in [0, 0.1) is 6.92 Å². The third-order valence-electron chi connectivity index (χ3n) is 6.19. The standard InChI is InChI=1S/C29H25N5O3S/c1-3-4-14-36-22-12-13-23(19(2)16-22)26-20(18-33(31-26)21-9-6-5-7-10-21)17-25-28(35)34-29(38-25)30-27(32-34)24-11-8-15-37-24/h5-13,15-18H,3-4,14H2,1-2H3/b25-17-. The number of rotatable bonds is 8. The largest absolute Gasteiger partial charge is 0.494 e. The van der Waals surface area contributed by atoms with E-state index in [1.165, 1.54) is 15.9 Å². The molecule has 9 heteroatoms. The van der Waals surface area contributed by atoms with E-state index in [0.29, 0.717) is 27.7 Å². The zero-order valence-electron chi connectivity index (χ0n) is 21.0. The summed E-state index contributed by atoms with van der Waals surface area (Å²) < 4.78 is 15.0. The summed E-state index contributed by atoms with van der Waals surface area (Å²) in [6.45, 7) is 4.89. The molecule has 0 aliphatic carbocycles. The molecule has 0 spiro atoms. The number of nitrogens with zero attached hydrogens (tertiary/aromatic N) is 5. The average molecular weight is 524 g/mol. The van der Waals surface area contributed by atoms with E-state index in [9.17, 15) is 4.79 Å². The van der Waals surface area contributed by atoms with Gasteiger partial charge < -0.3 is 9.15 Å². The van der Waals surface area contributed by atoms with E-state index >= 15 is 0 Å². The average Bonchev–Trinajstić information content (AvgIpc) is 3.72. The number of unbranched alkanes of at least 4 members (excludes halogenated alkanes) is 1. The first-order valence-electron chi connectivity index (χ1n) is 12.4. The van der Waals surface area contributed by atoms with Crippen LogP contribution >= 0.6 is 11.3 Å². The number of para-hydroxylation sites is 1. The summed E-state index contributed by atoms with van der Waals surface area (Å²) in [5.41, 5.74) is 4.32. The van der Waals surface area contributed by atoms with Gasteiger partial charge in [0.15, 0.2) is 5.76 Å². The highest BCUT2D eigenvalue weighted by Gasteiger charge is 2.17. The van der Waals surface area contributed by atoms with Gasteiger partial charge in [0.25, 0.3) is 5.56 Å². The fourth-order valence-corrected chi connectivity index (χ4v) is 5.13. The molecule has 6 aromatic rings. The monoisotopic (exact) mass is 523 g/mol. The summed E-state index contributed by atoms with van der Waals surface area (Å²) in [6, 6.07) is 19.5. The smallest absolute Gasteiger partial charge is 0.291 e. The third kappa shape index (κ3) is 4.52. The minimum Gasteiger partial charge on any atom is -0.494 e. The van der Waals surface area contributed by atoms with Crippen LogP contribution in [0.25, 0.3) is 39.6 Å². The highest BCUT2D eigenvalue weighted by atomic mass is 32.1. The van der Waals surface area contributed by atoms with Crippen LogP contribution < -0.4 is 14.8 Å². The lowest BCUT2D eigenvalue weighted by atomic mass is 10.0. The van der Waals surface area contributed by atoms with Gasteiger partial charge in [0.05, 0.1) is 23.1 Å². The molecule has 0 unspecified atom stereocenters. The van der Waals surface area contributed by atoms with E-state index in [-0.39, 0.29) is 5.56 Å². The van der Waals surface area contributed by atoms with Crippen LogP contribution in [0.4, 0.5) is 0 Å². The summed E-state index contributed by atoms with van der Waals surface area (Å²) in [5, 5.41) is 9.29. The topological polar surface area (TPSA) is 87.4 Å². The number of thiazole rings is 1. The maximum atomic E-state index is 13.2. The normalized spacial score (nSPS) is 12.0.